The number of likely N-dealkylation sites (tertiary alicyclic amines) is 1. The van der Waals surface area contributed by atoms with E-state index in [1.807, 2.05) is 6.92 Å². The highest BCUT2D eigenvalue weighted by Crippen LogP contribution is 2.31. The predicted octanol–water partition coefficient (Wildman–Crippen LogP) is 4.48. The van der Waals surface area contributed by atoms with Crippen molar-refractivity contribution >= 4 is 12.2 Å². The van der Waals surface area contributed by atoms with Gasteiger partial charge in [0.15, 0.2) is 0 Å². The lowest BCUT2D eigenvalue weighted by atomic mass is 9.96. The summed E-state index contributed by atoms with van der Waals surface area (Å²) in [6.07, 6.45) is -0.157. The maximum atomic E-state index is 13.3. The first-order chi connectivity index (χ1) is 12.7. The van der Waals surface area contributed by atoms with E-state index in [0.29, 0.717) is 13.2 Å². The molecule has 2 atom stereocenters. The normalized spacial score (nSPS) is 19.7. The standard InChI is InChI=1S/C20H28FNO5/c1-5-6-11-25-19(24)26-17-13-22(18(23)27-20(2,3)4)12-16(17)14-7-9-15(21)10-8-14/h7-10,16-17H,5-6,11-13H2,1-4H3/t16-,17+/m0/s1. The van der Waals surface area contributed by atoms with E-state index in [2.05, 4.69) is 0 Å². The zero-order valence-electron chi connectivity index (χ0n) is 16.4. The molecule has 1 saturated heterocycles. The van der Waals surface area contributed by atoms with Crippen LogP contribution in [0.5, 0.6) is 0 Å². The van der Waals surface area contributed by atoms with Crippen molar-refractivity contribution in [3.63, 3.8) is 0 Å². The maximum absolute atomic E-state index is 13.3. The molecule has 6 nitrogen and oxygen atoms in total. The first kappa shape index (κ1) is 21.0. The number of carbonyl (C=O) groups excluding carboxylic acids is 2. The summed E-state index contributed by atoms with van der Waals surface area (Å²) in [5.74, 6) is -0.631. The highest BCUT2D eigenvalue weighted by atomic mass is 19.1. The van der Waals surface area contributed by atoms with Gasteiger partial charge >= 0.3 is 12.2 Å². The van der Waals surface area contributed by atoms with Gasteiger partial charge in [0, 0.05) is 12.5 Å². The second-order valence-corrected chi connectivity index (χ2v) is 7.65. The molecule has 1 aromatic rings. The Hall–Kier alpha value is -2.31. The van der Waals surface area contributed by atoms with Gasteiger partial charge in [-0.1, -0.05) is 25.5 Å². The third kappa shape index (κ3) is 6.41. The molecule has 27 heavy (non-hydrogen) atoms. The van der Waals surface area contributed by atoms with Crippen molar-refractivity contribution in [2.45, 2.75) is 58.2 Å². The smallest absolute Gasteiger partial charge is 0.444 e. The van der Waals surface area contributed by atoms with Gasteiger partial charge in [0.2, 0.25) is 0 Å². The van der Waals surface area contributed by atoms with Gasteiger partial charge < -0.3 is 19.1 Å². The number of rotatable bonds is 5. The van der Waals surface area contributed by atoms with Crippen LogP contribution in [0.3, 0.4) is 0 Å². The lowest BCUT2D eigenvalue weighted by molar-refractivity contribution is 0.0126. The minimum Gasteiger partial charge on any atom is -0.444 e. The van der Waals surface area contributed by atoms with Gasteiger partial charge in [0.1, 0.15) is 17.5 Å². The van der Waals surface area contributed by atoms with E-state index in [9.17, 15) is 14.0 Å². The Morgan fingerprint density at radius 1 is 1.19 bits per heavy atom. The summed E-state index contributed by atoms with van der Waals surface area (Å²) in [7, 11) is 0. The molecule has 0 aliphatic carbocycles. The molecule has 0 unspecified atom stereocenters. The summed E-state index contributed by atoms with van der Waals surface area (Å²) in [4.78, 5) is 25.9. The van der Waals surface area contributed by atoms with Crippen molar-refractivity contribution in [3.8, 4) is 0 Å². The van der Waals surface area contributed by atoms with E-state index in [0.717, 1.165) is 18.4 Å². The van der Waals surface area contributed by atoms with Crippen molar-refractivity contribution in [1.29, 1.82) is 0 Å². The Morgan fingerprint density at radius 3 is 2.44 bits per heavy atom. The van der Waals surface area contributed by atoms with Crippen molar-refractivity contribution in [3.05, 3.63) is 35.6 Å². The van der Waals surface area contributed by atoms with Gasteiger partial charge in [-0.15, -0.1) is 0 Å². The van der Waals surface area contributed by atoms with Gasteiger partial charge in [-0.3, -0.25) is 0 Å². The molecule has 1 aliphatic rings. The van der Waals surface area contributed by atoms with Gasteiger partial charge in [0.25, 0.3) is 0 Å². The molecule has 150 valence electrons. The Morgan fingerprint density at radius 2 is 1.85 bits per heavy atom. The van der Waals surface area contributed by atoms with Crippen LogP contribution in [0, 0.1) is 5.82 Å². The molecule has 1 fully saturated rings. The topological polar surface area (TPSA) is 65.1 Å². The fourth-order valence-electron chi connectivity index (χ4n) is 2.86. The van der Waals surface area contributed by atoms with Crippen LogP contribution in [0.1, 0.15) is 52.0 Å². The van der Waals surface area contributed by atoms with E-state index in [1.165, 1.54) is 17.0 Å². The number of hydrogen-bond donors (Lipinski definition) is 0. The molecule has 0 saturated carbocycles. The molecular weight excluding hydrogens is 353 g/mol. The van der Waals surface area contributed by atoms with Gasteiger partial charge in [-0.2, -0.15) is 0 Å². The van der Waals surface area contributed by atoms with Crippen LogP contribution in [-0.2, 0) is 14.2 Å². The minimum absolute atomic E-state index is 0.194. The second kappa shape index (κ2) is 9.06. The van der Waals surface area contributed by atoms with E-state index in [4.69, 9.17) is 14.2 Å². The molecule has 1 amide bonds. The molecule has 1 aromatic carbocycles. The number of halogens is 1. The number of ether oxygens (including phenoxy) is 3. The summed E-state index contributed by atoms with van der Waals surface area (Å²) >= 11 is 0. The van der Waals surface area contributed by atoms with Crippen LogP contribution in [-0.4, -0.2) is 48.5 Å². The Kier molecular flexibility index (Phi) is 7.05. The summed E-state index contributed by atoms with van der Waals surface area (Å²) < 4.78 is 29.2. The highest BCUT2D eigenvalue weighted by Gasteiger charge is 2.40. The van der Waals surface area contributed by atoms with E-state index < -0.39 is 24.0 Å². The van der Waals surface area contributed by atoms with Crippen LogP contribution >= 0.6 is 0 Å². The SMILES string of the molecule is CCCCOC(=O)O[C@@H]1CN(C(=O)OC(C)(C)C)C[C@H]1c1ccc(F)cc1. The highest BCUT2D eigenvalue weighted by molar-refractivity contribution is 5.69. The van der Waals surface area contributed by atoms with Crippen molar-refractivity contribution < 1.29 is 28.2 Å². The molecule has 0 spiro atoms. The van der Waals surface area contributed by atoms with Crippen molar-refractivity contribution in [1.82, 2.24) is 4.90 Å². The van der Waals surface area contributed by atoms with Crippen LogP contribution in [0.4, 0.5) is 14.0 Å². The minimum atomic E-state index is -0.758. The van der Waals surface area contributed by atoms with Gasteiger partial charge in [0.05, 0.1) is 13.2 Å². The molecule has 0 N–H and O–H groups in total. The third-order valence-electron chi connectivity index (χ3n) is 4.18. The Balaban J connectivity index is 2.10. The Labute approximate surface area is 159 Å². The summed E-state index contributed by atoms with van der Waals surface area (Å²) in [5.41, 5.74) is 0.161. The van der Waals surface area contributed by atoms with E-state index in [1.54, 1.807) is 32.9 Å². The van der Waals surface area contributed by atoms with Crippen molar-refractivity contribution in [2.75, 3.05) is 19.7 Å². The number of benzene rings is 1. The molecular formula is C20H28FNO5. The molecule has 0 radical (unpaired) electrons. The number of amides is 1. The predicted molar refractivity (Wildman–Crippen MR) is 98.1 cm³/mol. The largest absolute Gasteiger partial charge is 0.508 e. The summed E-state index contributed by atoms with van der Waals surface area (Å²) in [5, 5.41) is 0. The molecule has 0 bridgehead atoms. The lowest BCUT2D eigenvalue weighted by Gasteiger charge is -2.24. The van der Waals surface area contributed by atoms with Crippen LogP contribution in [0.2, 0.25) is 0 Å². The lowest BCUT2D eigenvalue weighted by Crippen LogP contribution is -2.36. The number of hydrogen-bond acceptors (Lipinski definition) is 5. The van der Waals surface area contributed by atoms with E-state index >= 15 is 0 Å². The first-order valence-corrected chi connectivity index (χ1v) is 9.26. The molecule has 2 rings (SSSR count). The van der Waals surface area contributed by atoms with Gasteiger partial charge in [-0.25, -0.2) is 14.0 Å². The molecule has 1 heterocycles. The molecule has 0 aromatic heterocycles. The monoisotopic (exact) mass is 381 g/mol. The van der Waals surface area contributed by atoms with Crippen LogP contribution in [0.15, 0.2) is 24.3 Å². The van der Waals surface area contributed by atoms with Crippen LogP contribution < -0.4 is 0 Å². The average Bonchev–Trinajstić information content (AvgIpc) is 2.98. The number of nitrogens with zero attached hydrogens (tertiary/aromatic N) is 1. The summed E-state index contributed by atoms with van der Waals surface area (Å²) in [6.45, 7) is 8.16. The fraction of sp³-hybridized carbons (Fsp3) is 0.600. The number of unbranched alkanes of at least 4 members (excludes halogenated alkanes) is 1. The fourth-order valence-corrected chi connectivity index (χ4v) is 2.86. The van der Waals surface area contributed by atoms with Crippen LogP contribution in [0.25, 0.3) is 0 Å². The van der Waals surface area contributed by atoms with Gasteiger partial charge in [-0.05, 0) is 44.9 Å². The van der Waals surface area contributed by atoms with Crippen molar-refractivity contribution in [2.24, 2.45) is 0 Å². The zero-order chi connectivity index (χ0) is 20.0. The zero-order valence-corrected chi connectivity index (χ0v) is 16.4. The maximum Gasteiger partial charge on any atom is 0.508 e. The molecule has 7 heteroatoms. The quantitative estimate of drug-likeness (QED) is 0.556. The third-order valence-corrected chi connectivity index (χ3v) is 4.18. The number of carbonyl (C=O) groups is 2. The van der Waals surface area contributed by atoms with E-state index in [-0.39, 0.29) is 18.3 Å². The Bertz CT molecular complexity index is 641. The first-order valence-electron chi connectivity index (χ1n) is 9.26. The second-order valence-electron chi connectivity index (χ2n) is 7.65. The summed E-state index contributed by atoms with van der Waals surface area (Å²) in [6, 6.07) is 5.97. The molecule has 1 aliphatic heterocycles. The average molecular weight is 381 g/mol.